The predicted molar refractivity (Wildman–Crippen MR) is 64.0 cm³/mol. The highest BCUT2D eigenvalue weighted by Gasteiger charge is 2.11. The molecule has 17 heavy (non-hydrogen) atoms. The Morgan fingerprint density at radius 1 is 1.00 bits per heavy atom. The lowest BCUT2D eigenvalue weighted by Crippen LogP contribution is -1.84. The van der Waals surface area contributed by atoms with Crippen LogP contribution in [-0.2, 0) is 0 Å². The lowest BCUT2D eigenvalue weighted by atomic mass is 10.0. The quantitative estimate of drug-likeness (QED) is 0.685. The molecule has 0 fully saturated rings. The summed E-state index contributed by atoms with van der Waals surface area (Å²) in [4.78, 5) is 0. The summed E-state index contributed by atoms with van der Waals surface area (Å²) in [6.45, 7) is 0. The van der Waals surface area contributed by atoms with Gasteiger partial charge in [-0.1, -0.05) is 42.5 Å². The molecule has 0 saturated heterocycles. The molecule has 4 nitrogen and oxygen atoms in total. The molecule has 0 saturated carbocycles. The minimum absolute atomic E-state index is 0.321. The molecule has 2 aromatic carbocycles. The Balaban J connectivity index is 2.35. The molecule has 4 heteroatoms. The average molecular weight is 220 g/mol. The Morgan fingerprint density at radius 2 is 1.82 bits per heavy atom. The van der Waals surface area contributed by atoms with Crippen LogP contribution in [0.5, 0.6) is 0 Å². The standard InChI is InChI=1S/C13H8N4/c14-8-12-13(16-17-15-12)11-7-3-5-9-4-1-2-6-10(9)11/h1-7H,(H,15,16,17). The van der Waals surface area contributed by atoms with E-state index in [1.165, 1.54) is 0 Å². The summed E-state index contributed by atoms with van der Waals surface area (Å²) in [5, 5.41) is 21.5. The second kappa shape index (κ2) is 3.72. The van der Waals surface area contributed by atoms with Crippen LogP contribution in [0.25, 0.3) is 22.0 Å². The van der Waals surface area contributed by atoms with E-state index in [0.29, 0.717) is 11.4 Å². The van der Waals surface area contributed by atoms with E-state index in [2.05, 4.69) is 15.4 Å². The second-order valence-corrected chi connectivity index (χ2v) is 3.66. The van der Waals surface area contributed by atoms with E-state index in [1.54, 1.807) is 0 Å². The highest BCUT2D eigenvalue weighted by atomic mass is 15.3. The molecule has 0 atom stereocenters. The van der Waals surface area contributed by atoms with Gasteiger partial charge in [-0.2, -0.15) is 15.6 Å². The summed E-state index contributed by atoms with van der Waals surface area (Å²) in [6, 6.07) is 16.0. The van der Waals surface area contributed by atoms with E-state index in [1.807, 2.05) is 48.5 Å². The molecule has 3 rings (SSSR count). The lowest BCUT2D eigenvalue weighted by molar-refractivity contribution is 0.937. The van der Waals surface area contributed by atoms with Crippen LogP contribution >= 0.6 is 0 Å². The van der Waals surface area contributed by atoms with Crippen LogP contribution in [0.4, 0.5) is 0 Å². The number of benzene rings is 2. The maximum Gasteiger partial charge on any atom is 0.190 e. The molecular weight excluding hydrogens is 212 g/mol. The predicted octanol–water partition coefficient (Wildman–Crippen LogP) is 2.50. The van der Waals surface area contributed by atoms with Gasteiger partial charge in [0.05, 0.1) is 0 Å². The van der Waals surface area contributed by atoms with Crippen molar-refractivity contribution < 1.29 is 0 Å². The fraction of sp³-hybridized carbons (Fsp3) is 0. The molecule has 80 valence electrons. The molecule has 1 heterocycles. The first-order valence-corrected chi connectivity index (χ1v) is 5.19. The van der Waals surface area contributed by atoms with Crippen molar-refractivity contribution in [3.8, 4) is 17.3 Å². The third-order valence-corrected chi connectivity index (χ3v) is 2.70. The van der Waals surface area contributed by atoms with Crippen LogP contribution in [0.1, 0.15) is 5.69 Å². The maximum atomic E-state index is 8.97. The van der Waals surface area contributed by atoms with E-state index < -0.39 is 0 Å². The van der Waals surface area contributed by atoms with Crippen LogP contribution in [0.2, 0.25) is 0 Å². The number of nitriles is 1. The molecule has 0 amide bonds. The van der Waals surface area contributed by atoms with Crippen LogP contribution in [-0.4, -0.2) is 15.4 Å². The molecule has 0 unspecified atom stereocenters. The molecule has 0 aliphatic rings. The van der Waals surface area contributed by atoms with Crippen molar-refractivity contribution in [3.63, 3.8) is 0 Å². The van der Waals surface area contributed by atoms with E-state index in [9.17, 15) is 0 Å². The van der Waals surface area contributed by atoms with Crippen LogP contribution in [0.15, 0.2) is 42.5 Å². The van der Waals surface area contributed by atoms with E-state index in [4.69, 9.17) is 5.26 Å². The molecule has 0 spiro atoms. The van der Waals surface area contributed by atoms with E-state index >= 15 is 0 Å². The van der Waals surface area contributed by atoms with Gasteiger partial charge in [0.2, 0.25) is 0 Å². The van der Waals surface area contributed by atoms with Gasteiger partial charge in [0.25, 0.3) is 0 Å². The average Bonchev–Trinajstić information content (AvgIpc) is 2.86. The fourth-order valence-corrected chi connectivity index (χ4v) is 1.93. The normalized spacial score (nSPS) is 10.3. The van der Waals surface area contributed by atoms with Gasteiger partial charge < -0.3 is 0 Å². The van der Waals surface area contributed by atoms with Crippen LogP contribution in [0.3, 0.4) is 0 Å². The Hall–Kier alpha value is -2.67. The molecule has 0 aliphatic heterocycles. The highest BCUT2D eigenvalue weighted by Crippen LogP contribution is 2.28. The second-order valence-electron chi connectivity index (χ2n) is 3.66. The van der Waals surface area contributed by atoms with Crippen molar-refractivity contribution in [2.75, 3.05) is 0 Å². The van der Waals surface area contributed by atoms with Crippen molar-refractivity contribution >= 4 is 10.8 Å². The van der Waals surface area contributed by atoms with Crippen LogP contribution < -0.4 is 0 Å². The topological polar surface area (TPSA) is 65.4 Å². The fourth-order valence-electron chi connectivity index (χ4n) is 1.93. The monoisotopic (exact) mass is 220 g/mol. The number of hydrogen-bond acceptors (Lipinski definition) is 3. The zero-order chi connectivity index (χ0) is 11.7. The number of nitrogens with one attached hydrogen (secondary N) is 1. The smallest absolute Gasteiger partial charge is 0.190 e. The number of nitrogens with zero attached hydrogens (tertiary/aromatic N) is 3. The first kappa shape index (κ1) is 9.55. The van der Waals surface area contributed by atoms with Gasteiger partial charge >= 0.3 is 0 Å². The Labute approximate surface area is 97.5 Å². The van der Waals surface area contributed by atoms with Crippen molar-refractivity contribution in [3.05, 3.63) is 48.2 Å². The van der Waals surface area contributed by atoms with Gasteiger partial charge in [0.15, 0.2) is 5.69 Å². The minimum Gasteiger partial charge on any atom is -0.196 e. The molecular formula is C13H8N4. The van der Waals surface area contributed by atoms with Gasteiger partial charge in [-0.3, -0.25) is 0 Å². The van der Waals surface area contributed by atoms with Crippen molar-refractivity contribution in [1.29, 1.82) is 5.26 Å². The zero-order valence-corrected chi connectivity index (χ0v) is 8.88. The number of aromatic nitrogens is 3. The summed E-state index contributed by atoms with van der Waals surface area (Å²) in [7, 11) is 0. The number of rotatable bonds is 1. The minimum atomic E-state index is 0.321. The SMILES string of the molecule is N#Cc1n[nH]nc1-c1cccc2ccccc12. The van der Waals surface area contributed by atoms with Gasteiger partial charge in [0, 0.05) is 5.56 Å². The third-order valence-electron chi connectivity index (χ3n) is 2.70. The largest absolute Gasteiger partial charge is 0.196 e. The lowest BCUT2D eigenvalue weighted by Gasteiger charge is -2.03. The first-order chi connectivity index (χ1) is 8.40. The molecule has 0 radical (unpaired) electrons. The summed E-state index contributed by atoms with van der Waals surface area (Å²) >= 11 is 0. The Bertz CT molecular complexity index is 716. The third kappa shape index (κ3) is 1.45. The Kier molecular flexibility index (Phi) is 2.09. The van der Waals surface area contributed by atoms with Gasteiger partial charge in [-0.25, -0.2) is 0 Å². The zero-order valence-electron chi connectivity index (χ0n) is 8.88. The van der Waals surface area contributed by atoms with Gasteiger partial charge in [-0.05, 0) is 10.8 Å². The summed E-state index contributed by atoms with van der Waals surface area (Å²) in [5.41, 5.74) is 1.85. The summed E-state index contributed by atoms with van der Waals surface area (Å²) < 4.78 is 0. The van der Waals surface area contributed by atoms with Crippen molar-refractivity contribution in [2.24, 2.45) is 0 Å². The number of aromatic amines is 1. The molecule has 1 aromatic heterocycles. The number of hydrogen-bond donors (Lipinski definition) is 1. The molecule has 3 aromatic rings. The number of fused-ring (bicyclic) bond motifs is 1. The molecule has 1 N–H and O–H groups in total. The van der Waals surface area contributed by atoms with Crippen LogP contribution in [0, 0.1) is 11.3 Å². The molecule has 0 aliphatic carbocycles. The van der Waals surface area contributed by atoms with Gasteiger partial charge in [0.1, 0.15) is 11.8 Å². The van der Waals surface area contributed by atoms with E-state index in [-0.39, 0.29) is 0 Å². The highest BCUT2D eigenvalue weighted by molar-refractivity contribution is 5.96. The van der Waals surface area contributed by atoms with E-state index in [0.717, 1.165) is 16.3 Å². The first-order valence-electron chi connectivity index (χ1n) is 5.19. The Morgan fingerprint density at radius 3 is 2.71 bits per heavy atom. The number of H-pyrrole nitrogens is 1. The van der Waals surface area contributed by atoms with Gasteiger partial charge in [-0.15, -0.1) is 5.10 Å². The molecule has 0 bridgehead atoms. The summed E-state index contributed by atoms with van der Waals surface area (Å²) in [6.07, 6.45) is 0. The summed E-state index contributed by atoms with van der Waals surface area (Å²) in [5.74, 6) is 0. The van der Waals surface area contributed by atoms with Crippen molar-refractivity contribution in [1.82, 2.24) is 15.4 Å². The van der Waals surface area contributed by atoms with Crippen molar-refractivity contribution in [2.45, 2.75) is 0 Å². The maximum absolute atomic E-state index is 8.97.